The Morgan fingerprint density at radius 1 is 1.10 bits per heavy atom. The molecule has 0 aliphatic heterocycles. The molecular weight excluding hydrogens is 274 g/mol. The number of sulfonamides is 1. The standard InChI is InChI=1S/C15H25NO3S/c1-13(2)5-3-4-10-16-20(18,19)12-15-8-6-14(11-17)7-9-15/h6-9,13,16-17H,3-5,10-12H2,1-2H3. The lowest BCUT2D eigenvalue weighted by Crippen LogP contribution is -2.26. The second kappa shape index (κ2) is 8.39. The molecule has 20 heavy (non-hydrogen) atoms. The largest absolute Gasteiger partial charge is 0.392 e. The molecule has 1 aromatic rings. The van der Waals surface area contributed by atoms with E-state index in [1.54, 1.807) is 24.3 Å². The zero-order chi connectivity index (χ0) is 15.0. The molecule has 0 radical (unpaired) electrons. The van der Waals surface area contributed by atoms with Gasteiger partial charge in [0.15, 0.2) is 0 Å². The molecule has 0 bridgehead atoms. The van der Waals surface area contributed by atoms with Gasteiger partial charge in [0, 0.05) is 6.54 Å². The molecule has 0 fully saturated rings. The summed E-state index contributed by atoms with van der Waals surface area (Å²) in [6.45, 7) is 4.81. The Balaban J connectivity index is 2.36. The molecule has 0 unspecified atom stereocenters. The summed E-state index contributed by atoms with van der Waals surface area (Å²) in [6, 6.07) is 6.97. The van der Waals surface area contributed by atoms with Crippen LogP contribution in [0, 0.1) is 5.92 Å². The molecular formula is C15H25NO3S. The fourth-order valence-electron chi connectivity index (χ4n) is 1.92. The predicted molar refractivity (Wildman–Crippen MR) is 81.7 cm³/mol. The lowest BCUT2D eigenvalue weighted by atomic mass is 10.1. The van der Waals surface area contributed by atoms with Crippen LogP contribution in [0.2, 0.25) is 0 Å². The zero-order valence-corrected chi connectivity index (χ0v) is 13.1. The SMILES string of the molecule is CC(C)CCCCNS(=O)(=O)Cc1ccc(CO)cc1. The average molecular weight is 299 g/mol. The summed E-state index contributed by atoms with van der Waals surface area (Å²) in [7, 11) is -3.27. The van der Waals surface area contributed by atoms with Crippen molar-refractivity contribution in [3.63, 3.8) is 0 Å². The Morgan fingerprint density at radius 3 is 2.25 bits per heavy atom. The van der Waals surface area contributed by atoms with Crippen molar-refractivity contribution in [3.8, 4) is 0 Å². The van der Waals surface area contributed by atoms with Gasteiger partial charge in [0.05, 0.1) is 12.4 Å². The van der Waals surface area contributed by atoms with Crippen LogP contribution >= 0.6 is 0 Å². The summed E-state index contributed by atoms with van der Waals surface area (Å²) < 4.78 is 26.4. The van der Waals surface area contributed by atoms with Crippen LogP contribution in [0.25, 0.3) is 0 Å². The third kappa shape index (κ3) is 7.03. The van der Waals surface area contributed by atoms with Crippen molar-refractivity contribution in [2.75, 3.05) is 6.54 Å². The van der Waals surface area contributed by atoms with Crippen molar-refractivity contribution in [1.29, 1.82) is 0 Å². The molecule has 0 amide bonds. The van der Waals surface area contributed by atoms with Crippen LogP contribution in [0.4, 0.5) is 0 Å². The molecule has 0 aliphatic rings. The monoisotopic (exact) mass is 299 g/mol. The Kier molecular flexibility index (Phi) is 7.19. The fraction of sp³-hybridized carbons (Fsp3) is 0.600. The van der Waals surface area contributed by atoms with Crippen LogP contribution in [0.5, 0.6) is 0 Å². The van der Waals surface area contributed by atoms with Crippen LogP contribution in [0.1, 0.15) is 44.2 Å². The number of unbranched alkanes of at least 4 members (excludes halogenated alkanes) is 1. The number of benzene rings is 1. The van der Waals surface area contributed by atoms with Gasteiger partial charge < -0.3 is 5.11 Å². The van der Waals surface area contributed by atoms with Crippen LogP contribution in [0.3, 0.4) is 0 Å². The number of aliphatic hydroxyl groups excluding tert-OH is 1. The zero-order valence-electron chi connectivity index (χ0n) is 12.3. The van der Waals surface area contributed by atoms with E-state index >= 15 is 0 Å². The van der Waals surface area contributed by atoms with Crippen LogP contribution in [-0.2, 0) is 22.4 Å². The van der Waals surface area contributed by atoms with Crippen LogP contribution in [0.15, 0.2) is 24.3 Å². The second-order valence-electron chi connectivity index (χ2n) is 5.52. The third-order valence-electron chi connectivity index (χ3n) is 3.09. The Labute approximate surface area is 122 Å². The van der Waals surface area contributed by atoms with Gasteiger partial charge in [0.1, 0.15) is 0 Å². The lowest BCUT2D eigenvalue weighted by molar-refractivity contribution is 0.282. The molecule has 4 nitrogen and oxygen atoms in total. The highest BCUT2D eigenvalue weighted by molar-refractivity contribution is 7.88. The molecule has 114 valence electrons. The number of hydrogen-bond donors (Lipinski definition) is 2. The van der Waals surface area contributed by atoms with Gasteiger partial charge in [-0.05, 0) is 23.5 Å². The maximum Gasteiger partial charge on any atom is 0.215 e. The summed E-state index contributed by atoms with van der Waals surface area (Å²) in [5.41, 5.74) is 1.52. The van der Waals surface area contributed by atoms with E-state index in [1.165, 1.54) is 0 Å². The topological polar surface area (TPSA) is 66.4 Å². The van der Waals surface area contributed by atoms with Crippen molar-refractivity contribution < 1.29 is 13.5 Å². The number of rotatable bonds is 9. The van der Waals surface area contributed by atoms with Crippen molar-refractivity contribution in [2.24, 2.45) is 5.92 Å². The Hall–Kier alpha value is -0.910. The number of nitrogens with one attached hydrogen (secondary N) is 1. The maximum atomic E-state index is 11.9. The van der Waals surface area contributed by atoms with Gasteiger partial charge in [0.2, 0.25) is 10.0 Å². The quantitative estimate of drug-likeness (QED) is 0.688. The Bertz CT molecular complexity index is 480. The molecule has 0 heterocycles. The van der Waals surface area contributed by atoms with E-state index in [4.69, 9.17) is 5.11 Å². The molecule has 1 aromatic carbocycles. The smallest absolute Gasteiger partial charge is 0.215 e. The number of hydrogen-bond acceptors (Lipinski definition) is 3. The van der Waals surface area contributed by atoms with E-state index in [0.717, 1.165) is 30.4 Å². The van der Waals surface area contributed by atoms with Crippen molar-refractivity contribution in [1.82, 2.24) is 4.72 Å². The van der Waals surface area contributed by atoms with Gasteiger partial charge >= 0.3 is 0 Å². The van der Waals surface area contributed by atoms with Crippen molar-refractivity contribution >= 4 is 10.0 Å². The first-order valence-corrected chi connectivity index (χ1v) is 8.74. The summed E-state index contributed by atoms with van der Waals surface area (Å²) in [6.07, 6.45) is 3.05. The maximum absolute atomic E-state index is 11.9. The first-order valence-electron chi connectivity index (χ1n) is 7.09. The second-order valence-corrected chi connectivity index (χ2v) is 7.32. The minimum Gasteiger partial charge on any atom is -0.392 e. The molecule has 1 rings (SSSR count). The minimum absolute atomic E-state index is 0.0110. The third-order valence-corrected chi connectivity index (χ3v) is 4.45. The van der Waals surface area contributed by atoms with E-state index in [1.807, 2.05) is 0 Å². The highest BCUT2D eigenvalue weighted by atomic mass is 32.2. The molecule has 0 spiro atoms. The van der Waals surface area contributed by atoms with E-state index in [9.17, 15) is 8.42 Å². The van der Waals surface area contributed by atoms with E-state index in [0.29, 0.717) is 12.5 Å². The van der Waals surface area contributed by atoms with Gasteiger partial charge in [-0.3, -0.25) is 0 Å². The first-order chi connectivity index (χ1) is 9.43. The fourth-order valence-corrected chi connectivity index (χ4v) is 3.11. The number of aliphatic hydroxyl groups is 1. The minimum atomic E-state index is -3.27. The van der Waals surface area contributed by atoms with Gasteiger partial charge in [-0.1, -0.05) is 51.0 Å². The van der Waals surface area contributed by atoms with Gasteiger partial charge in [0.25, 0.3) is 0 Å². The van der Waals surface area contributed by atoms with Crippen LogP contribution in [-0.4, -0.2) is 20.1 Å². The molecule has 2 N–H and O–H groups in total. The molecule has 0 saturated heterocycles. The lowest BCUT2D eigenvalue weighted by Gasteiger charge is -2.08. The highest BCUT2D eigenvalue weighted by Gasteiger charge is 2.10. The summed E-state index contributed by atoms with van der Waals surface area (Å²) in [4.78, 5) is 0. The summed E-state index contributed by atoms with van der Waals surface area (Å²) in [5.74, 6) is 0.653. The normalized spacial score (nSPS) is 12.0. The van der Waals surface area contributed by atoms with Crippen molar-refractivity contribution in [3.05, 3.63) is 35.4 Å². The average Bonchev–Trinajstić information content (AvgIpc) is 2.38. The molecule has 5 heteroatoms. The van der Waals surface area contributed by atoms with E-state index in [2.05, 4.69) is 18.6 Å². The van der Waals surface area contributed by atoms with Gasteiger partial charge in [-0.25, -0.2) is 13.1 Å². The first kappa shape index (κ1) is 17.1. The van der Waals surface area contributed by atoms with E-state index in [-0.39, 0.29) is 12.4 Å². The van der Waals surface area contributed by atoms with Crippen molar-refractivity contribution in [2.45, 2.75) is 45.5 Å². The molecule has 0 aliphatic carbocycles. The summed E-state index contributed by atoms with van der Waals surface area (Å²) in [5, 5.41) is 8.94. The van der Waals surface area contributed by atoms with Gasteiger partial charge in [-0.15, -0.1) is 0 Å². The molecule has 0 aromatic heterocycles. The van der Waals surface area contributed by atoms with Crippen LogP contribution < -0.4 is 4.72 Å². The Morgan fingerprint density at radius 2 is 1.70 bits per heavy atom. The predicted octanol–water partition coefficient (Wildman–Crippen LogP) is 2.42. The molecule has 0 atom stereocenters. The van der Waals surface area contributed by atoms with E-state index < -0.39 is 10.0 Å². The van der Waals surface area contributed by atoms with Gasteiger partial charge in [-0.2, -0.15) is 0 Å². The molecule has 0 saturated carbocycles. The highest BCUT2D eigenvalue weighted by Crippen LogP contribution is 2.09. The summed E-state index contributed by atoms with van der Waals surface area (Å²) >= 11 is 0.